The third kappa shape index (κ3) is 12.5. The molecule has 6 nitrogen and oxygen atoms in total. The Balaban J connectivity index is 0.000000540. The number of aliphatic carboxylic acids is 2. The number of unbranched alkanes of at least 4 members (excludes halogenated alkanes) is 5. The van der Waals surface area contributed by atoms with Crippen molar-refractivity contribution >= 4 is 17.9 Å². The first-order valence-electron chi connectivity index (χ1n) is 10.6. The van der Waals surface area contributed by atoms with Gasteiger partial charge in [0.25, 0.3) is 0 Å². The standard InChI is InChI=1S/C14H26O2.C8H12O4/c1-4-7-8-9-10-11-12-13(5-2)16-14(15)6-3;9-7(10)5-1-2-6(4-3-5)8(11)12/h6,13H,3-5,7-12H2,1-2H3;5-6H,1-4H2,(H,9,10)(H,11,12). The molecule has 0 saturated heterocycles. The van der Waals surface area contributed by atoms with Crippen LogP contribution in [0.4, 0.5) is 0 Å². The van der Waals surface area contributed by atoms with Crippen LogP contribution < -0.4 is 0 Å². The van der Waals surface area contributed by atoms with Gasteiger partial charge >= 0.3 is 17.9 Å². The molecule has 0 heterocycles. The maximum atomic E-state index is 11.0. The summed E-state index contributed by atoms with van der Waals surface area (Å²) in [5.41, 5.74) is 0. The molecule has 1 atom stereocenters. The average molecular weight is 399 g/mol. The summed E-state index contributed by atoms with van der Waals surface area (Å²) in [4.78, 5) is 32.0. The molecule has 0 amide bonds. The Morgan fingerprint density at radius 1 is 0.929 bits per heavy atom. The Hall–Kier alpha value is -1.85. The van der Waals surface area contributed by atoms with E-state index in [0.29, 0.717) is 25.7 Å². The largest absolute Gasteiger partial charge is 0.481 e. The monoisotopic (exact) mass is 398 g/mol. The highest BCUT2D eigenvalue weighted by molar-refractivity contribution is 5.81. The van der Waals surface area contributed by atoms with E-state index in [1.807, 2.05) is 0 Å². The van der Waals surface area contributed by atoms with Gasteiger partial charge in [0.05, 0.1) is 11.8 Å². The summed E-state index contributed by atoms with van der Waals surface area (Å²) in [5.74, 6) is -2.52. The first-order chi connectivity index (χ1) is 13.3. The summed E-state index contributed by atoms with van der Waals surface area (Å²) >= 11 is 0. The van der Waals surface area contributed by atoms with Crippen molar-refractivity contribution in [2.75, 3.05) is 0 Å². The highest BCUT2D eigenvalue weighted by atomic mass is 16.5. The van der Waals surface area contributed by atoms with Crippen molar-refractivity contribution in [3.63, 3.8) is 0 Å². The molecule has 0 aromatic rings. The SMILES string of the molecule is C=CC(=O)OC(CC)CCCCCCCC.O=C(O)C1CCC(C(=O)O)CC1. The van der Waals surface area contributed by atoms with Gasteiger partial charge in [0.1, 0.15) is 6.10 Å². The molecule has 0 spiro atoms. The molecule has 1 aliphatic rings. The van der Waals surface area contributed by atoms with Gasteiger partial charge in [-0.25, -0.2) is 4.79 Å². The van der Waals surface area contributed by atoms with E-state index in [2.05, 4.69) is 20.4 Å². The van der Waals surface area contributed by atoms with Crippen molar-refractivity contribution < 1.29 is 29.3 Å². The van der Waals surface area contributed by atoms with E-state index in [4.69, 9.17) is 14.9 Å². The van der Waals surface area contributed by atoms with E-state index < -0.39 is 11.9 Å². The molecular formula is C22H38O6. The number of carboxylic acids is 2. The molecule has 1 saturated carbocycles. The normalized spacial score (nSPS) is 19.6. The fourth-order valence-corrected chi connectivity index (χ4v) is 3.30. The fraction of sp³-hybridized carbons (Fsp3) is 0.773. The van der Waals surface area contributed by atoms with Crippen LogP contribution in [-0.4, -0.2) is 34.2 Å². The summed E-state index contributed by atoms with van der Waals surface area (Å²) in [6, 6.07) is 0. The number of carbonyl (C=O) groups is 3. The number of rotatable bonds is 12. The maximum absolute atomic E-state index is 11.0. The zero-order valence-electron chi connectivity index (χ0n) is 17.5. The minimum atomic E-state index is -0.793. The fourth-order valence-electron chi connectivity index (χ4n) is 3.30. The molecule has 2 N–H and O–H groups in total. The van der Waals surface area contributed by atoms with Crippen molar-refractivity contribution in [1.29, 1.82) is 0 Å². The molecule has 0 aromatic carbocycles. The van der Waals surface area contributed by atoms with E-state index in [9.17, 15) is 14.4 Å². The molecule has 6 heteroatoms. The number of carboxylic acid groups (broad SMARTS) is 2. The van der Waals surface area contributed by atoms with E-state index >= 15 is 0 Å². The van der Waals surface area contributed by atoms with Gasteiger partial charge in [-0.3, -0.25) is 9.59 Å². The molecule has 0 bridgehead atoms. The zero-order chi connectivity index (χ0) is 21.4. The highest BCUT2D eigenvalue weighted by Crippen LogP contribution is 2.28. The second kappa shape index (κ2) is 16.1. The van der Waals surface area contributed by atoms with Crippen molar-refractivity contribution in [3.8, 4) is 0 Å². The van der Waals surface area contributed by atoms with E-state index in [0.717, 1.165) is 19.3 Å². The van der Waals surface area contributed by atoms with Crippen LogP contribution in [0.3, 0.4) is 0 Å². The van der Waals surface area contributed by atoms with Gasteiger partial charge in [0, 0.05) is 6.08 Å². The Kier molecular flexibility index (Phi) is 15.1. The maximum Gasteiger partial charge on any atom is 0.330 e. The van der Waals surface area contributed by atoms with Crippen LogP contribution in [0.25, 0.3) is 0 Å². The minimum absolute atomic E-state index is 0.0803. The van der Waals surface area contributed by atoms with Crippen LogP contribution in [-0.2, 0) is 19.1 Å². The van der Waals surface area contributed by atoms with E-state index in [1.54, 1.807) is 0 Å². The number of ether oxygens (including phenoxy) is 1. The number of carbonyl (C=O) groups excluding carboxylic acids is 1. The van der Waals surface area contributed by atoms with Crippen LogP contribution >= 0.6 is 0 Å². The summed E-state index contributed by atoms with van der Waals surface area (Å²) < 4.78 is 5.22. The molecule has 0 aromatic heterocycles. The second-order valence-corrected chi connectivity index (χ2v) is 7.45. The lowest BCUT2D eigenvalue weighted by Gasteiger charge is -2.22. The summed E-state index contributed by atoms with van der Waals surface area (Å²) in [5, 5.41) is 17.2. The molecule has 1 unspecified atom stereocenters. The molecule has 1 fully saturated rings. The summed E-state index contributed by atoms with van der Waals surface area (Å²) in [7, 11) is 0. The quantitative estimate of drug-likeness (QED) is 0.266. The molecule has 1 rings (SSSR count). The smallest absolute Gasteiger partial charge is 0.330 e. The van der Waals surface area contributed by atoms with Crippen LogP contribution in [0.5, 0.6) is 0 Å². The highest BCUT2D eigenvalue weighted by Gasteiger charge is 2.29. The van der Waals surface area contributed by atoms with Crippen molar-refractivity contribution in [1.82, 2.24) is 0 Å². The Morgan fingerprint density at radius 2 is 1.39 bits per heavy atom. The third-order valence-corrected chi connectivity index (χ3v) is 5.21. The Morgan fingerprint density at radius 3 is 1.79 bits per heavy atom. The van der Waals surface area contributed by atoms with Gasteiger partial charge in [-0.05, 0) is 44.9 Å². The molecule has 162 valence electrons. The van der Waals surface area contributed by atoms with Crippen molar-refractivity contribution in [3.05, 3.63) is 12.7 Å². The van der Waals surface area contributed by atoms with Crippen molar-refractivity contribution in [2.45, 2.75) is 97.0 Å². The predicted octanol–water partition coefficient (Wildman–Crippen LogP) is 5.21. The average Bonchev–Trinajstić information content (AvgIpc) is 2.69. The summed E-state index contributed by atoms with van der Waals surface area (Å²) in [6.45, 7) is 7.68. The van der Waals surface area contributed by atoms with Gasteiger partial charge in [-0.15, -0.1) is 0 Å². The van der Waals surface area contributed by atoms with Crippen LogP contribution in [0.1, 0.15) is 90.9 Å². The lowest BCUT2D eigenvalue weighted by molar-refractivity contribution is -0.148. The topological polar surface area (TPSA) is 101 Å². The third-order valence-electron chi connectivity index (χ3n) is 5.21. The van der Waals surface area contributed by atoms with Gasteiger partial charge in [0.15, 0.2) is 0 Å². The van der Waals surface area contributed by atoms with Gasteiger partial charge < -0.3 is 14.9 Å². The van der Waals surface area contributed by atoms with Crippen LogP contribution in [0.15, 0.2) is 12.7 Å². The predicted molar refractivity (Wildman–Crippen MR) is 109 cm³/mol. The number of esters is 1. The first-order valence-corrected chi connectivity index (χ1v) is 10.6. The number of hydrogen-bond donors (Lipinski definition) is 2. The van der Waals surface area contributed by atoms with Gasteiger partial charge in [-0.2, -0.15) is 0 Å². The van der Waals surface area contributed by atoms with Gasteiger partial charge in [0.2, 0.25) is 0 Å². The molecule has 0 radical (unpaired) electrons. The second-order valence-electron chi connectivity index (χ2n) is 7.45. The van der Waals surface area contributed by atoms with E-state index in [-0.39, 0.29) is 23.9 Å². The van der Waals surface area contributed by atoms with Gasteiger partial charge in [-0.1, -0.05) is 52.5 Å². The Labute approximate surface area is 169 Å². The minimum Gasteiger partial charge on any atom is -0.481 e. The lowest BCUT2D eigenvalue weighted by Crippen LogP contribution is -2.25. The first kappa shape index (κ1) is 26.1. The zero-order valence-corrected chi connectivity index (χ0v) is 17.5. The molecular weight excluding hydrogens is 360 g/mol. The molecule has 0 aliphatic heterocycles. The number of hydrogen-bond acceptors (Lipinski definition) is 4. The van der Waals surface area contributed by atoms with Crippen LogP contribution in [0.2, 0.25) is 0 Å². The molecule has 1 aliphatic carbocycles. The molecule has 28 heavy (non-hydrogen) atoms. The Bertz CT molecular complexity index is 444. The van der Waals surface area contributed by atoms with Crippen LogP contribution in [0, 0.1) is 11.8 Å². The lowest BCUT2D eigenvalue weighted by atomic mass is 9.82. The van der Waals surface area contributed by atoms with E-state index in [1.165, 1.54) is 38.2 Å². The van der Waals surface area contributed by atoms with Crippen molar-refractivity contribution in [2.24, 2.45) is 11.8 Å². The summed E-state index contributed by atoms with van der Waals surface area (Å²) in [6.07, 6.45) is 12.9.